The maximum atomic E-state index is 12.3. The van der Waals surface area contributed by atoms with E-state index in [9.17, 15) is 13.2 Å². The van der Waals surface area contributed by atoms with Crippen LogP contribution in [-0.2, 0) is 5.33 Å². The third kappa shape index (κ3) is 4.11. The molecule has 0 atom stereocenters. The highest BCUT2D eigenvalue weighted by Gasteiger charge is 2.32. The molecule has 0 aliphatic carbocycles. The van der Waals surface area contributed by atoms with Crippen molar-refractivity contribution in [2.24, 2.45) is 0 Å². The van der Waals surface area contributed by atoms with Gasteiger partial charge in [-0.2, -0.15) is 13.2 Å². The quantitative estimate of drug-likeness (QED) is 0.781. The Morgan fingerprint density at radius 2 is 1.68 bits per heavy atom. The molecular formula is C13H16BrF3N2. The van der Waals surface area contributed by atoms with Crippen LogP contribution in [0.3, 0.4) is 0 Å². The lowest BCUT2D eigenvalue weighted by Gasteiger charge is -2.37. The minimum atomic E-state index is -4.10. The summed E-state index contributed by atoms with van der Waals surface area (Å²) in [5.41, 5.74) is 2.29. The summed E-state index contributed by atoms with van der Waals surface area (Å²) in [4.78, 5) is 3.62. The lowest BCUT2D eigenvalue weighted by molar-refractivity contribution is -0.146. The van der Waals surface area contributed by atoms with Gasteiger partial charge in [0, 0.05) is 37.2 Å². The summed E-state index contributed by atoms with van der Waals surface area (Å²) >= 11 is 3.44. The molecule has 19 heavy (non-hydrogen) atoms. The summed E-state index contributed by atoms with van der Waals surface area (Å²) in [5, 5.41) is 0.756. The largest absolute Gasteiger partial charge is 0.401 e. The van der Waals surface area contributed by atoms with Crippen molar-refractivity contribution in [1.29, 1.82) is 0 Å². The molecule has 1 aliphatic rings. The molecule has 1 aliphatic heterocycles. The van der Waals surface area contributed by atoms with E-state index in [2.05, 4.69) is 20.8 Å². The van der Waals surface area contributed by atoms with Gasteiger partial charge in [-0.05, 0) is 11.6 Å². The smallest absolute Gasteiger partial charge is 0.369 e. The van der Waals surface area contributed by atoms with Crippen molar-refractivity contribution in [2.45, 2.75) is 11.5 Å². The first-order chi connectivity index (χ1) is 8.99. The van der Waals surface area contributed by atoms with Gasteiger partial charge in [-0.25, -0.2) is 0 Å². The van der Waals surface area contributed by atoms with Crippen molar-refractivity contribution in [3.8, 4) is 0 Å². The number of benzene rings is 1. The molecule has 0 aromatic heterocycles. The van der Waals surface area contributed by atoms with Gasteiger partial charge < -0.3 is 4.90 Å². The van der Waals surface area contributed by atoms with Crippen LogP contribution in [0.25, 0.3) is 0 Å². The van der Waals surface area contributed by atoms with E-state index in [0.717, 1.165) is 11.0 Å². The lowest BCUT2D eigenvalue weighted by Crippen LogP contribution is -2.49. The highest BCUT2D eigenvalue weighted by atomic mass is 79.9. The number of anilines is 1. The van der Waals surface area contributed by atoms with E-state index in [0.29, 0.717) is 26.2 Å². The summed E-state index contributed by atoms with van der Waals surface area (Å²) in [6.07, 6.45) is -4.10. The molecule has 1 fully saturated rings. The van der Waals surface area contributed by atoms with E-state index < -0.39 is 12.7 Å². The predicted octanol–water partition coefficient (Wildman–Crippen LogP) is 3.27. The van der Waals surface area contributed by atoms with Gasteiger partial charge in [-0.15, -0.1) is 0 Å². The molecule has 106 valence electrons. The second kappa shape index (κ2) is 6.13. The number of hydrogen-bond donors (Lipinski definition) is 0. The number of rotatable bonds is 3. The first-order valence-corrected chi connectivity index (χ1v) is 7.29. The average molecular weight is 337 g/mol. The Kier molecular flexibility index (Phi) is 4.73. The summed E-state index contributed by atoms with van der Waals surface area (Å²) in [6.45, 7) is 1.38. The van der Waals surface area contributed by atoms with Crippen molar-refractivity contribution < 1.29 is 13.2 Å². The fourth-order valence-corrected chi connectivity index (χ4v) is 2.81. The van der Waals surface area contributed by atoms with Crippen LogP contribution in [0.4, 0.5) is 18.9 Å². The van der Waals surface area contributed by atoms with Crippen LogP contribution in [0.1, 0.15) is 5.56 Å². The van der Waals surface area contributed by atoms with Crippen molar-refractivity contribution in [3.63, 3.8) is 0 Å². The summed E-state index contributed by atoms with van der Waals surface area (Å²) in [5.74, 6) is 0. The van der Waals surface area contributed by atoms with Crippen molar-refractivity contribution >= 4 is 21.6 Å². The van der Waals surface area contributed by atoms with Crippen LogP contribution < -0.4 is 4.90 Å². The molecule has 2 rings (SSSR count). The van der Waals surface area contributed by atoms with Gasteiger partial charge in [0.05, 0.1) is 6.54 Å². The minimum absolute atomic E-state index is 0.454. The second-order valence-electron chi connectivity index (χ2n) is 4.64. The molecule has 1 saturated heterocycles. The first-order valence-electron chi connectivity index (χ1n) is 6.17. The zero-order valence-electron chi connectivity index (χ0n) is 10.5. The lowest BCUT2D eigenvalue weighted by atomic mass is 10.1. The molecular weight excluding hydrogens is 321 g/mol. The van der Waals surface area contributed by atoms with Crippen LogP contribution in [0.15, 0.2) is 24.3 Å². The molecule has 1 aromatic rings. The second-order valence-corrected chi connectivity index (χ2v) is 5.20. The summed E-state index contributed by atoms with van der Waals surface area (Å²) in [7, 11) is 0. The normalized spacial score (nSPS) is 17.8. The number of halogens is 4. The first kappa shape index (κ1) is 14.7. The molecule has 0 bridgehead atoms. The number of para-hydroxylation sites is 1. The average Bonchev–Trinajstić information content (AvgIpc) is 2.38. The topological polar surface area (TPSA) is 6.48 Å². The Hall–Kier alpha value is -0.750. The maximum absolute atomic E-state index is 12.3. The zero-order valence-corrected chi connectivity index (χ0v) is 12.0. The Balaban J connectivity index is 1.96. The van der Waals surface area contributed by atoms with Crippen LogP contribution in [-0.4, -0.2) is 43.8 Å². The standard InChI is InChI=1S/C13H16BrF3N2/c14-9-11-3-1-2-4-12(11)19-7-5-18(6-8-19)10-13(15,16)17/h1-4H,5-10H2. The molecule has 0 radical (unpaired) electrons. The molecule has 6 heteroatoms. The van der Waals surface area contributed by atoms with Gasteiger partial charge >= 0.3 is 6.18 Å². The maximum Gasteiger partial charge on any atom is 0.401 e. The molecule has 0 unspecified atom stereocenters. The van der Waals surface area contributed by atoms with Crippen LogP contribution in [0, 0.1) is 0 Å². The van der Waals surface area contributed by atoms with Crippen LogP contribution in [0.5, 0.6) is 0 Å². The van der Waals surface area contributed by atoms with Crippen molar-refractivity contribution in [3.05, 3.63) is 29.8 Å². The molecule has 0 saturated carbocycles. The van der Waals surface area contributed by atoms with Crippen molar-refractivity contribution in [2.75, 3.05) is 37.6 Å². The van der Waals surface area contributed by atoms with Crippen LogP contribution >= 0.6 is 15.9 Å². The Labute approximate surface area is 119 Å². The third-order valence-electron chi connectivity index (χ3n) is 3.25. The molecule has 1 heterocycles. The van der Waals surface area contributed by atoms with Gasteiger partial charge in [0.1, 0.15) is 0 Å². The third-order valence-corrected chi connectivity index (χ3v) is 3.86. The molecule has 2 nitrogen and oxygen atoms in total. The SMILES string of the molecule is FC(F)(F)CN1CCN(c2ccccc2CBr)CC1. The van der Waals surface area contributed by atoms with Gasteiger partial charge in [-0.1, -0.05) is 34.1 Å². The summed E-state index contributed by atoms with van der Waals surface area (Å²) in [6, 6.07) is 7.99. The van der Waals surface area contributed by atoms with E-state index in [4.69, 9.17) is 0 Å². The van der Waals surface area contributed by atoms with E-state index >= 15 is 0 Å². The fraction of sp³-hybridized carbons (Fsp3) is 0.538. The number of nitrogens with zero attached hydrogens (tertiary/aromatic N) is 2. The zero-order chi connectivity index (χ0) is 13.9. The highest BCUT2D eigenvalue weighted by Crippen LogP contribution is 2.24. The highest BCUT2D eigenvalue weighted by molar-refractivity contribution is 9.08. The monoisotopic (exact) mass is 336 g/mol. The Bertz CT molecular complexity index is 415. The minimum Gasteiger partial charge on any atom is -0.369 e. The number of piperazine rings is 1. The van der Waals surface area contributed by atoms with Gasteiger partial charge in [0.25, 0.3) is 0 Å². The van der Waals surface area contributed by atoms with Crippen molar-refractivity contribution in [1.82, 2.24) is 4.90 Å². The summed E-state index contributed by atoms with van der Waals surface area (Å²) < 4.78 is 37.0. The molecule has 1 aromatic carbocycles. The molecule has 0 N–H and O–H groups in total. The van der Waals surface area contributed by atoms with Gasteiger partial charge in [0.15, 0.2) is 0 Å². The van der Waals surface area contributed by atoms with E-state index in [1.807, 2.05) is 24.3 Å². The van der Waals surface area contributed by atoms with Crippen LogP contribution in [0.2, 0.25) is 0 Å². The van der Waals surface area contributed by atoms with Gasteiger partial charge in [0.2, 0.25) is 0 Å². The van der Waals surface area contributed by atoms with E-state index in [-0.39, 0.29) is 0 Å². The molecule has 0 spiro atoms. The predicted molar refractivity (Wildman–Crippen MR) is 73.8 cm³/mol. The fourth-order valence-electron chi connectivity index (χ4n) is 2.33. The van der Waals surface area contributed by atoms with E-state index in [1.54, 1.807) is 0 Å². The number of hydrogen-bond acceptors (Lipinski definition) is 2. The van der Waals surface area contributed by atoms with E-state index in [1.165, 1.54) is 10.5 Å². The molecule has 0 amide bonds. The van der Waals surface area contributed by atoms with Gasteiger partial charge in [-0.3, -0.25) is 4.90 Å². The Morgan fingerprint density at radius 1 is 1.05 bits per heavy atom. The Morgan fingerprint density at radius 3 is 2.26 bits per heavy atom. The number of alkyl halides is 4.